The van der Waals surface area contributed by atoms with Crippen molar-refractivity contribution in [3.63, 3.8) is 0 Å². The van der Waals surface area contributed by atoms with Crippen LogP contribution in [-0.2, 0) is 0 Å². The summed E-state index contributed by atoms with van der Waals surface area (Å²) >= 11 is 0. The Balaban J connectivity index is 2.48. The highest BCUT2D eigenvalue weighted by molar-refractivity contribution is 4.83. The van der Waals surface area contributed by atoms with E-state index in [0.717, 1.165) is 18.4 Å². The Morgan fingerprint density at radius 1 is 1.13 bits per heavy atom. The first-order chi connectivity index (χ1) is 6.78. The molecule has 0 spiro atoms. The predicted molar refractivity (Wildman–Crippen MR) is 64.9 cm³/mol. The van der Waals surface area contributed by atoms with Gasteiger partial charge in [-0.3, -0.25) is 0 Å². The summed E-state index contributed by atoms with van der Waals surface area (Å²) in [6, 6.07) is 0.662. The largest absolute Gasteiger partial charge is 0.389 e. The van der Waals surface area contributed by atoms with Gasteiger partial charge in [0.25, 0.3) is 0 Å². The average molecular weight is 213 g/mol. The Hall–Kier alpha value is -0.0800. The van der Waals surface area contributed by atoms with Crippen LogP contribution in [0, 0.1) is 11.8 Å². The van der Waals surface area contributed by atoms with Gasteiger partial charge in [-0.1, -0.05) is 13.8 Å². The minimum absolute atomic E-state index is 0.571. The molecule has 1 N–H and O–H groups in total. The summed E-state index contributed by atoms with van der Waals surface area (Å²) in [7, 11) is 2.15. The summed E-state index contributed by atoms with van der Waals surface area (Å²) in [6.45, 7) is 9.25. The van der Waals surface area contributed by atoms with E-state index in [1.807, 2.05) is 13.8 Å². The van der Waals surface area contributed by atoms with E-state index in [4.69, 9.17) is 0 Å². The third-order valence-corrected chi connectivity index (χ3v) is 3.41. The number of rotatable bonds is 3. The van der Waals surface area contributed by atoms with E-state index in [1.54, 1.807) is 0 Å². The molecule has 0 saturated heterocycles. The normalized spacial score (nSPS) is 33.4. The fraction of sp³-hybridized carbons (Fsp3) is 1.00. The van der Waals surface area contributed by atoms with E-state index in [9.17, 15) is 5.11 Å². The molecule has 90 valence electrons. The predicted octanol–water partition coefficient (Wildman–Crippen LogP) is 2.51. The van der Waals surface area contributed by atoms with Crippen LogP contribution in [0.4, 0.5) is 0 Å². The summed E-state index contributed by atoms with van der Waals surface area (Å²) < 4.78 is 0. The Morgan fingerprint density at radius 2 is 1.60 bits per heavy atom. The van der Waals surface area contributed by atoms with Crippen molar-refractivity contribution in [2.24, 2.45) is 11.8 Å². The van der Waals surface area contributed by atoms with Crippen molar-refractivity contribution in [1.29, 1.82) is 0 Å². The standard InChI is InChI=1S/C13H27NO/c1-10-6-11(2)8-12(7-10)14(5)9-13(3,4)15/h10-12,15H,6-9H2,1-5H3. The van der Waals surface area contributed by atoms with Gasteiger partial charge in [0.05, 0.1) is 5.60 Å². The second-order valence-corrected chi connectivity index (χ2v) is 6.30. The highest BCUT2D eigenvalue weighted by atomic mass is 16.3. The number of aliphatic hydroxyl groups is 1. The molecule has 0 heterocycles. The minimum Gasteiger partial charge on any atom is -0.389 e. The third-order valence-electron chi connectivity index (χ3n) is 3.41. The molecule has 2 nitrogen and oxygen atoms in total. The fourth-order valence-electron chi connectivity index (χ4n) is 3.00. The zero-order valence-electron chi connectivity index (χ0n) is 11.0. The van der Waals surface area contributed by atoms with Crippen LogP contribution in [0.25, 0.3) is 0 Å². The van der Waals surface area contributed by atoms with Crippen molar-refractivity contribution in [2.75, 3.05) is 13.6 Å². The second kappa shape index (κ2) is 4.84. The zero-order chi connectivity index (χ0) is 11.6. The van der Waals surface area contributed by atoms with Crippen molar-refractivity contribution in [1.82, 2.24) is 4.90 Å². The van der Waals surface area contributed by atoms with Gasteiger partial charge in [0, 0.05) is 12.6 Å². The molecule has 2 atom stereocenters. The molecule has 1 aliphatic rings. The highest BCUT2D eigenvalue weighted by Gasteiger charge is 2.28. The zero-order valence-corrected chi connectivity index (χ0v) is 11.0. The summed E-state index contributed by atoms with van der Waals surface area (Å²) in [4.78, 5) is 2.34. The Morgan fingerprint density at radius 3 is 2.00 bits per heavy atom. The second-order valence-electron chi connectivity index (χ2n) is 6.30. The van der Waals surface area contributed by atoms with Gasteiger partial charge in [0.1, 0.15) is 0 Å². The molecule has 1 aliphatic carbocycles. The van der Waals surface area contributed by atoms with Crippen molar-refractivity contribution >= 4 is 0 Å². The lowest BCUT2D eigenvalue weighted by molar-refractivity contribution is 0.0167. The molecule has 2 unspecified atom stereocenters. The highest BCUT2D eigenvalue weighted by Crippen LogP contribution is 2.31. The SMILES string of the molecule is CC1CC(C)CC(N(C)CC(C)(C)O)C1. The molecular weight excluding hydrogens is 186 g/mol. The van der Waals surface area contributed by atoms with E-state index >= 15 is 0 Å². The lowest BCUT2D eigenvalue weighted by atomic mass is 9.80. The van der Waals surface area contributed by atoms with E-state index in [0.29, 0.717) is 6.04 Å². The molecule has 0 amide bonds. The number of nitrogens with zero attached hydrogens (tertiary/aromatic N) is 1. The maximum atomic E-state index is 9.81. The average Bonchev–Trinajstić information content (AvgIpc) is 1.98. The Labute approximate surface area is 94.7 Å². The summed E-state index contributed by atoms with van der Waals surface area (Å²) in [6.07, 6.45) is 3.95. The maximum absolute atomic E-state index is 9.81. The smallest absolute Gasteiger partial charge is 0.0718 e. The van der Waals surface area contributed by atoms with Gasteiger partial charge in [0.2, 0.25) is 0 Å². The van der Waals surface area contributed by atoms with Crippen LogP contribution in [0.3, 0.4) is 0 Å². The van der Waals surface area contributed by atoms with Crippen LogP contribution in [0.1, 0.15) is 47.0 Å². The molecule has 0 bridgehead atoms. The summed E-state index contributed by atoms with van der Waals surface area (Å²) in [5.74, 6) is 1.67. The van der Waals surface area contributed by atoms with Crippen molar-refractivity contribution < 1.29 is 5.11 Å². The van der Waals surface area contributed by atoms with Crippen molar-refractivity contribution in [3.05, 3.63) is 0 Å². The van der Waals surface area contributed by atoms with Gasteiger partial charge in [-0.2, -0.15) is 0 Å². The van der Waals surface area contributed by atoms with Crippen LogP contribution in [-0.4, -0.2) is 35.2 Å². The molecule has 2 heteroatoms. The number of likely N-dealkylation sites (N-methyl/N-ethyl adjacent to an activating group) is 1. The first-order valence-electron chi connectivity index (χ1n) is 6.20. The molecule has 1 rings (SSSR count). The first kappa shape index (κ1) is 13.0. The van der Waals surface area contributed by atoms with Crippen LogP contribution in [0.2, 0.25) is 0 Å². The van der Waals surface area contributed by atoms with Gasteiger partial charge >= 0.3 is 0 Å². The number of hydrogen-bond acceptors (Lipinski definition) is 2. The topological polar surface area (TPSA) is 23.5 Å². The quantitative estimate of drug-likeness (QED) is 0.778. The summed E-state index contributed by atoms with van der Waals surface area (Å²) in [5.41, 5.74) is -0.571. The fourth-order valence-corrected chi connectivity index (χ4v) is 3.00. The molecule has 0 radical (unpaired) electrons. The van der Waals surface area contributed by atoms with Gasteiger partial charge in [-0.05, 0) is 52.0 Å². The molecule has 1 fully saturated rings. The molecule has 0 aromatic carbocycles. The Bertz CT molecular complexity index is 187. The molecule has 0 aromatic heterocycles. The van der Waals surface area contributed by atoms with Crippen LogP contribution < -0.4 is 0 Å². The maximum Gasteiger partial charge on any atom is 0.0718 e. The van der Waals surface area contributed by atoms with Gasteiger partial charge in [-0.25, -0.2) is 0 Å². The van der Waals surface area contributed by atoms with E-state index in [-0.39, 0.29) is 0 Å². The lowest BCUT2D eigenvalue weighted by Gasteiger charge is -2.39. The van der Waals surface area contributed by atoms with Crippen molar-refractivity contribution in [3.8, 4) is 0 Å². The first-order valence-corrected chi connectivity index (χ1v) is 6.20. The summed E-state index contributed by atoms with van der Waals surface area (Å²) in [5, 5.41) is 9.81. The van der Waals surface area contributed by atoms with Gasteiger partial charge < -0.3 is 10.0 Å². The lowest BCUT2D eigenvalue weighted by Crippen LogP contribution is -2.44. The van der Waals surface area contributed by atoms with E-state index < -0.39 is 5.60 Å². The number of hydrogen-bond donors (Lipinski definition) is 1. The Kier molecular flexibility index (Phi) is 4.19. The van der Waals surface area contributed by atoms with Gasteiger partial charge in [-0.15, -0.1) is 0 Å². The van der Waals surface area contributed by atoms with Crippen molar-refractivity contribution in [2.45, 2.75) is 58.6 Å². The molecule has 1 saturated carbocycles. The minimum atomic E-state index is -0.571. The van der Waals surface area contributed by atoms with Crippen LogP contribution in [0.15, 0.2) is 0 Å². The molecule has 0 aromatic rings. The molecule has 15 heavy (non-hydrogen) atoms. The van der Waals surface area contributed by atoms with Gasteiger partial charge in [0.15, 0.2) is 0 Å². The molecule has 0 aliphatic heterocycles. The van der Waals surface area contributed by atoms with Crippen LogP contribution >= 0.6 is 0 Å². The van der Waals surface area contributed by atoms with Crippen LogP contribution in [0.5, 0.6) is 0 Å². The third kappa shape index (κ3) is 4.52. The van der Waals surface area contributed by atoms with E-state index in [1.165, 1.54) is 19.3 Å². The molecular formula is C13H27NO. The van der Waals surface area contributed by atoms with E-state index in [2.05, 4.69) is 25.8 Å². The monoisotopic (exact) mass is 213 g/mol.